The van der Waals surface area contributed by atoms with Crippen LogP contribution in [0.2, 0.25) is 0 Å². The van der Waals surface area contributed by atoms with Crippen molar-refractivity contribution in [2.75, 3.05) is 57.8 Å². The van der Waals surface area contributed by atoms with Crippen molar-refractivity contribution in [3.8, 4) is 0 Å². The quantitative estimate of drug-likeness (QED) is 0.633. The van der Waals surface area contributed by atoms with Crippen LogP contribution in [-0.2, 0) is 9.53 Å². The first-order chi connectivity index (χ1) is 12.6. The molecule has 2 heterocycles. The Morgan fingerprint density at radius 1 is 1.35 bits per heavy atom. The van der Waals surface area contributed by atoms with E-state index in [-0.39, 0.29) is 18.5 Å². The summed E-state index contributed by atoms with van der Waals surface area (Å²) in [6.45, 7) is 8.66. The number of hydrogen-bond acceptors (Lipinski definition) is 6. The summed E-state index contributed by atoms with van der Waals surface area (Å²) in [7, 11) is 0. The summed E-state index contributed by atoms with van der Waals surface area (Å²) in [5, 5.41) is 9.27. The molecule has 1 saturated heterocycles. The number of urea groups is 1. The summed E-state index contributed by atoms with van der Waals surface area (Å²) in [5.74, 6) is 0.666. The highest BCUT2D eigenvalue weighted by atomic mass is 16.5. The predicted molar refractivity (Wildman–Crippen MR) is 97.0 cm³/mol. The highest BCUT2D eigenvalue weighted by Gasteiger charge is 2.19. The zero-order valence-electron chi connectivity index (χ0n) is 15.6. The van der Waals surface area contributed by atoms with E-state index in [1.54, 1.807) is 13.0 Å². The topological polar surface area (TPSA) is 99.9 Å². The van der Waals surface area contributed by atoms with Crippen LogP contribution in [0.5, 0.6) is 0 Å². The van der Waals surface area contributed by atoms with Crippen LogP contribution in [0, 0.1) is 6.92 Å². The van der Waals surface area contributed by atoms with Crippen molar-refractivity contribution in [3.05, 3.63) is 11.8 Å². The lowest BCUT2D eigenvalue weighted by atomic mass is 10.3. The van der Waals surface area contributed by atoms with Gasteiger partial charge in [0.1, 0.15) is 12.3 Å². The van der Waals surface area contributed by atoms with E-state index in [9.17, 15) is 9.59 Å². The Kier molecular flexibility index (Phi) is 8.36. The number of hydrogen-bond donors (Lipinski definition) is 2. The third kappa shape index (κ3) is 7.01. The van der Waals surface area contributed by atoms with Crippen LogP contribution < -0.4 is 10.6 Å². The summed E-state index contributed by atoms with van der Waals surface area (Å²) < 4.78 is 10.3. The first kappa shape index (κ1) is 20.2. The number of rotatable bonds is 9. The summed E-state index contributed by atoms with van der Waals surface area (Å²) in [6.07, 6.45) is 1.91. The first-order valence-corrected chi connectivity index (χ1v) is 9.14. The van der Waals surface area contributed by atoms with Gasteiger partial charge in [-0.05, 0) is 13.3 Å². The van der Waals surface area contributed by atoms with Crippen molar-refractivity contribution in [1.29, 1.82) is 0 Å². The van der Waals surface area contributed by atoms with Crippen LogP contribution in [0.25, 0.3) is 0 Å². The fourth-order valence-electron chi connectivity index (χ4n) is 2.60. The number of nitrogens with one attached hydrogen (secondary N) is 2. The zero-order valence-corrected chi connectivity index (χ0v) is 15.6. The number of carbonyl (C=O) groups excluding carboxylic acids is 2. The van der Waals surface area contributed by atoms with Crippen molar-refractivity contribution in [2.24, 2.45) is 0 Å². The maximum Gasteiger partial charge on any atom is 0.317 e. The monoisotopic (exact) mass is 367 g/mol. The van der Waals surface area contributed by atoms with Crippen LogP contribution in [-0.4, -0.2) is 79.4 Å². The van der Waals surface area contributed by atoms with Crippen LogP contribution >= 0.6 is 0 Å². The average Bonchev–Trinajstić information content (AvgIpc) is 3.04. The molecule has 0 spiro atoms. The van der Waals surface area contributed by atoms with Crippen LogP contribution in [0.3, 0.4) is 0 Å². The van der Waals surface area contributed by atoms with Gasteiger partial charge in [-0.3, -0.25) is 9.69 Å². The van der Waals surface area contributed by atoms with E-state index in [1.807, 2.05) is 0 Å². The second-order valence-electron chi connectivity index (χ2n) is 6.33. The Balaban J connectivity index is 1.87. The van der Waals surface area contributed by atoms with E-state index in [0.29, 0.717) is 44.4 Å². The van der Waals surface area contributed by atoms with Crippen LogP contribution in [0.4, 0.5) is 10.6 Å². The average molecular weight is 367 g/mol. The third-order valence-corrected chi connectivity index (χ3v) is 4.11. The van der Waals surface area contributed by atoms with E-state index in [4.69, 9.17) is 9.26 Å². The second kappa shape index (κ2) is 10.8. The standard InChI is InChI=1S/C17H29N5O4/c1-3-4-5-18-17(24)22(7-6-21-8-10-25-11-9-21)13-16(23)19-15-12-14(2)26-20-15/h12H,3-11,13H2,1-2H3,(H,18,24)(H,19,20,23). The van der Waals surface area contributed by atoms with E-state index < -0.39 is 0 Å². The number of amides is 3. The number of nitrogens with zero attached hydrogens (tertiary/aromatic N) is 3. The number of ether oxygens (including phenoxy) is 1. The number of aryl methyl sites for hydroxylation is 1. The lowest BCUT2D eigenvalue weighted by molar-refractivity contribution is -0.116. The number of morpholine rings is 1. The van der Waals surface area contributed by atoms with Gasteiger partial charge in [0.2, 0.25) is 5.91 Å². The van der Waals surface area contributed by atoms with Gasteiger partial charge in [-0.15, -0.1) is 0 Å². The molecule has 3 amide bonds. The summed E-state index contributed by atoms with van der Waals surface area (Å²) in [4.78, 5) is 28.5. The van der Waals surface area contributed by atoms with Crippen molar-refractivity contribution in [3.63, 3.8) is 0 Å². The molecule has 1 aliphatic rings. The maximum atomic E-state index is 12.4. The van der Waals surface area contributed by atoms with Crippen molar-refractivity contribution >= 4 is 17.8 Å². The largest absolute Gasteiger partial charge is 0.379 e. The summed E-state index contributed by atoms with van der Waals surface area (Å²) in [5.41, 5.74) is 0. The molecule has 1 aromatic heterocycles. The molecule has 1 aromatic rings. The molecule has 1 fully saturated rings. The SMILES string of the molecule is CCCCNC(=O)N(CCN1CCOCC1)CC(=O)Nc1cc(C)on1. The first-order valence-electron chi connectivity index (χ1n) is 9.14. The number of unbranched alkanes of at least 4 members (excludes halogenated alkanes) is 1. The smallest absolute Gasteiger partial charge is 0.317 e. The Morgan fingerprint density at radius 3 is 2.77 bits per heavy atom. The minimum atomic E-state index is -0.300. The van der Waals surface area contributed by atoms with Crippen molar-refractivity contribution < 1.29 is 18.8 Å². The Labute approximate surface area is 154 Å². The molecule has 2 rings (SSSR count). The van der Waals surface area contributed by atoms with E-state index >= 15 is 0 Å². The normalized spacial score (nSPS) is 14.8. The van der Waals surface area contributed by atoms with Crippen LogP contribution in [0.15, 0.2) is 10.6 Å². The van der Waals surface area contributed by atoms with Crippen molar-refractivity contribution in [1.82, 2.24) is 20.3 Å². The van der Waals surface area contributed by atoms with E-state index in [2.05, 4.69) is 27.6 Å². The van der Waals surface area contributed by atoms with Gasteiger partial charge in [0.05, 0.1) is 13.2 Å². The zero-order chi connectivity index (χ0) is 18.8. The van der Waals surface area contributed by atoms with E-state index in [1.165, 1.54) is 4.90 Å². The fourth-order valence-corrected chi connectivity index (χ4v) is 2.60. The predicted octanol–water partition coefficient (Wildman–Crippen LogP) is 1.07. The molecule has 0 bridgehead atoms. The van der Waals surface area contributed by atoms with Crippen molar-refractivity contribution in [2.45, 2.75) is 26.7 Å². The van der Waals surface area contributed by atoms with Gasteiger partial charge in [0.15, 0.2) is 5.82 Å². The Bertz CT molecular complexity index is 571. The number of carbonyl (C=O) groups is 2. The van der Waals surface area contributed by atoms with Gasteiger partial charge in [0, 0.05) is 38.8 Å². The molecular weight excluding hydrogens is 338 g/mol. The highest BCUT2D eigenvalue weighted by Crippen LogP contribution is 2.07. The van der Waals surface area contributed by atoms with Gasteiger partial charge >= 0.3 is 6.03 Å². The molecule has 9 heteroatoms. The molecule has 9 nitrogen and oxygen atoms in total. The van der Waals surface area contributed by atoms with Crippen LogP contribution in [0.1, 0.15) is 25.5 Å². The molecule has 0 unspecified atom stereocenters. The van der Waals surface area contributed by atoms with Gasteiger partial charge in [-0.2, -0.15) is 0 Å². The summed E-state index contributed by atoms with van der Waals surface area (Å²) in [6, 6.07) is 1.41. The highest BCUT2D eigenvalue weighted by molar-refractivity contribution is 5.93. The molecule has 146 valence electrons. The molecular formula is C17H29N5O4. The second-order valence-corrected chi connectivity index (χ2v) is 6.33. The molecule has 0 atom stereocenters. The van der Waals surface area contributed by atoms with Gasteiger partial charge in [-0.25, -0.2) is 4.79 Å². The molecule has 0 radical (unpaired) electrons. The Morgan fingerprint density at radius 2 is 2.12 bits per heavy atom. The maximum absolute atomic E-state index is 12.4. The molecule has 26 heavy (non-hydrogen) atoms. The number of aromatic nitrogens is 1. The summed E-state index contributed by atoms with van der Waals surface area (Å²) >= 11 is 0. The van der Waals surface area contributed by atoms with E-state index in [0.717, 1.165) is 25.9 Å². The molecule has 0 saturated carbocycles. The number of anilines is 1. The lowest BCUT2D eigenvalue weighted by Gasteiger charge is -2.29. The Hall–Kier alpha value is -2.13. The molecule has 2 N–H and O–H groups in total. The minimum Gasteiger partial charge on any atom is -0.379 e. The lowest BCUT2D eigenvalue weighted by Crippen LogP contribution is -2.48. The minimum absolute atomic E-state index is 0.0335. The molecule has 0 aliphatic carbocycles. The molecule has 1 aliphatic heterocycles. The van der Waals surface area contributed by atoms with Gasteiger partial charge in [-0.1, -0.05) is 18.5 Å². The fraction of sp³-hybridized carbons (Fsp3) is 0.706. The molecule has 0 aromatic carbocycles. The van der Waals surface area contributed by atoms with Gasteiger partial charge in [0.25, 0.3) is 0 Å². The van der Waals surface area contributed by atoms with Gasteiger partial charge < -0.3 is 24.8 Å². The third-order valence-electron chi connectivity index (χ3n) is 4.11.